The molecule has 1 heterocycles. The highest BCUT2D eigenvalue weighted by Crippen LogP contribution is 2.26. The Morgan fingerprint density at radius 3 is 2.57 bits per heavy atom. The van der Waals surface area contributed by atoms with E-state index in [9.17, 15) is 4.79 Å². The summed E-state index contributed by atoms with van der Waals surface area (Å²) >= 11 is 1.29. The first-order chi connectivity index (χ1) is 13.7. The molecule has 0 saturated carbocycles. The van der Waals surface area contributed by atoms with Crippen LogP contribution in [0.1, 0.15) is 11.8 Å². The van der Waals surface area contributed by atoms with E-state index >= 15 is 0 Å². The molecule has 6 nitrogen and oxygen atoms in total. The molecule has 3 aromatic rings. The molecule has 0 atom stereocenters. The van der Waals surface area contributed by atoms with Crippen LogP contribution in [0, 0.1) is 0 Å². The number of thiophene rings is 1. The van der Waals surface area contributed by atoms with Gasteiger partial charge in [-0.15, -0.1) is 0 Å². The smallest absolute Gasteiger partial charge is 0.361 e. The summed E-state index contributed by atoms with van der Waals surface area (Å²) < 4.78 is 16.5. The van der Waals surface area contributed by atoms with Crippen LogP contribution in [0.5, 0.6) is 10.8 Å². The minimum atomic E-state index is -0.530. The largest absolute Gasteiger partial charge is 0.490 e. The Labute approximate surface area is 167 Å². The lowest BCUT2D eigenvalue weighted by Crippen LogP contribution is -2.18. The van der Waals surface area contributed by atoms with E-state index in [1.807, 2.05) is 30.3 Å². The standard InChI is InChI=1S/C21H21NO5S/c1-3-25-21(23)20(22-24-2)18-10-11-19(28-18)27-13-12-26-17-9-8-15-6-4-5-7-16(15)14-17/h4-11,14H,3,12-13H2,1-2H3/b22-20+. The Hall–Kier alpha value is -3.06. The molecule has 0 amide bonds. The summed E-state index contributed by atoms with van der Waals surface area (Å²) in [7, 11) is 1.38. The summed E-state index contributed by atoms with van der Waals surface area (Å²) in [6, 6.07) is 17.6. The number of hydrogen-bond donors (Lipinski definition) is 0. The van der Waals surface area contributed by atoms with Crippen LogP contribution in [0.2, 0.25) is 0 Å². The second-order valence-electron chi connectivity index (χ2n) is 5.67. The van der Waals surface area contributed by atoms with Gasteiger partial charge in [0.05, 0.1) is 11.5 Å². The van der Waals surface area contributed by atoms with Gasteiger partial charge in [-0.3, -0.25) is 0 Å². The van der Waals surface area contributed by atoms with Crippen LogP contribution in [0.4, 0.5) is 0 Å². The van der Waals surface area contributed by atoms with Crippen molar-refractivity contribution in [3.05, 3.63) is 59.5 Å². The van der Waals surface area contributed by atoms with Crippen LogP contribution < -0.4 is 9.47 Å². The van der Waals surface area contributed by atoms with Gasteiger partial charge < -0.3 is 19.0 Å². The predicted octanol–water partition coefficient (Wildman–Crippen LogP) is 4.27. The van der Waals surface area contributed by atoms with Crippen molar-refractivity contribution < 1.29 is 23.8 Å². The Morgan fingerprint density at radius 2 is 1.79 bits per heavy atom. The Bertz CT molecular complexity index is 966. The normalized spacial score (nSPS) is 11.3. The predicted molar refractivity (Wildman–Crippen MR) is 109 cm³/mol. The zero-order valence-corrected chi connectivity index (χ0v) is 16.5. The fourth-order valence-electron chi connectivity index (χ4n) is 2.56. The third-order valence-electron chi connectivity index (χ3n) is 3.78. The van der Waals surface area contributed by atoms with E-state index < -0.39 is 5.97 Å². The second kappa shape index (κ2) is 9.75. The van der Waals surface area contributed by atoms with Crippen molar-refractivity contribution in [2.24, 2.45) is 5.16 Å². The lowest BCUT2D eigenvalue weighted by molar-refractivity contribution is -0.135. The summed E-state index contributed by atoms with van der Waals surface area (Å²) in [5, 5.41) is 6.72. The minimum absolute atomic E-state index is 0.122. The van der Waals surface area contributed by atoms with Gasteiger partial charge in [0.1, 0.15) is 26.1 Å². The van der Waals surface area contributed by atoms with Crippen molar-refractivity contribution in [3.8, 4) is 10.8 Å². The number of ether oxygens (including phenoxy) is 3. The number of carbonyl (C=O) groups is 1. The molecule has 0 aliphatic carbocycles. The summed E-state index contributed by atoms with van der Waals surface area (Å²) in [5.41, 5.74) is 0.122. The molecule has 1 aromatic heterocycles. The van der Waals surface area contributed by atoms with E-state index in [-0.39, 0.29) is 12.3 Å². The molecule has 0 aliphatic heterocycles. The van der Waals surface area contributed by atoms with Gasteiger partial charge in [0.15, 0.2) is 5.06 Å². The van der Waals surface area contributed by atoms with Crippen LogP contribution in [0.15, 0.2) is 59.8 Å². The van der Waals surface area contributed by atoms with Crippen molar-refractivity contribution in [2.75, 3.05) is 26.9 Å². The van der Waals surface area contributed by atoms with E-state index in [1.54, 1.807) is 19.1 Å². The molecule has 0 radical (unpaired) electrons. The van der Waals surface area contributed by atoms with Gasteiger partial charge in [0, 0.05) is 0 Å². The number of rotatable bonds is 9. The summed E-state index contributed by atoms with van der Waals surface area (Å²) in [5.74, 6) is 0.267. The van der Waals surface area contributed by atoms with Crippen molar-refractivity contribution in [2.45, 2.75) is 6.92 Å². The maximum absolute atomic E-state index is 12.0. The van der Waals surface area contributed by atoms with Gasteiger partial charge >= 0.3 is 5.97 Å². The molecular weight excluding hydrogens is 378 g/mol. The van der Waals surface area contributed by atoms with Crippen LogP contribution in [-0.2, 0) is 14.4 Å². The Morgan fingerprint density at radius 1 is 1.00 bits per heavy atom. The topological polar surface area (TPSA) is 66.4 Å². The van der Waals surface area contributed by atoms with Crippen LogP contribution in [0.25, 0.3) is 10.8 Å². The van der Waals surface area contributed by atoms with Gasteiger partial charge in [0.2, 0.25) is 5.71 Å². The molecule has 0 fully saturated rings. The molecule has 2 aromatic carbocycles. The number of hydrogen-bond acceptors (Lipinski definition) is 7. The van der Waals surface area contributed by atoms with Crippen LogP contribution in [-0.4, -0.2) is 38.6 Å². The monoisotopic (exact) mass is 399 g/mol. The highest BCUT2D eigenvalue weighted by molar-refractivity contribution is 7.16. The first kappa shape index (κ1) is 19.7. The summed E-state index contributed by atoms with van der Waals surface area (Å²) in [4.78, 5) is 17.3. The molecule has 0 spiro atoms. The van der Waals surface area contributed by atoms with Gasteiger partial charge in [-0.25, -0.2) is 4.79 Å². The highest BCUT2D eigenvalue weighted by Gasteiger charge is 2.19. The van der Waals surface area contributed by atoms with Gasteiger partial charge in [-0.2, -0.15) is 0 Å². The summed E-state index contributed by atoms with van der Waals surface area (Å²) in [6.07, 6.45) is 0. The van der Waals surface area contributed by atoms with Crippen molar-refractivity contribution in [1.82, 2.24) is 0 Å². The number of oxime groups is 1. The van der Waals surface area contributed by atoms with Gasteiger partial charge in [-0.05, 0) is 42.0 Å². The molecule has 0 saturated heterocycles. The molecule has 146 valence electrons. The average molecular weight is 399 g/mol. The molecule has 28 heavy (non-hydrogen) atoms. The van der Waals surface area contributed by atoms with Crippen molar-refractivity contribution in [1.29, 1.82) is 0 Å². The second-order valence-corrected chi connectivity index (χ2v) is 6.71. The van der Waals surface area contributed by atoms with E-state index in [2.05, 4.69) is 17.3 Å². The number of benzene rings is 2. The Kier molecular flexibility index (Phi) is 6.86. The third-order valence-corrected chi connectivity index (χ3v) is 4.79. The number of esters is 1. The lowest BCUT2D eigenvalue weighted by Gasteiger charge is -2.08. The maximum Gasteiger partial charge on any atom is 0.361 e. The van der Waals surface area contributed by atoms with E-state index in [1.165, 1.54) is 23.8 Å². The molecular formula is C21H21NO5S. The van der Waals surface area contributed by atoms with Gasteiger partial charge in [0.25, 0.3) is 0 Å². The molecule has 3 rings (SSSR count). The first-order valence-corrected chi connectivity index (χ1v) is 9.65. The fraction of sp³-hybridized carbons (Fsp3) is 0.238. The first-order valence-electron chi connectivity index (χ1n) is 8.84. The average Bonchev–Trinajstić information content (AvgIpc) is 3.18. The molecule has 0 bridgehead atoms. The maximum atomic E-state index is 12.0. The minimum Gasteiger partial charge on any atom is -0.490 e. The van der Waals surface area contributed by atoms with E-state index in [0.29, 0.717) is 23.2 Å². The highest BCUT2D eigenvalue weighted by atomic mass is 32.1. The molecule has 0 N–H and O–H groups in total. The number of nitrogens with zero attached hydrogens (tertiary/aromatic N) is 1. The molecule has 7 heteroatoms. The lowest BCUT2D eigenvalue weighted by atomic mass is 10.1. The fourth-order valence-corrected chi connectivity index (χ4v) is 3.41. The Balaban J connectivity index is 1.53. The van der Waals surface area contributed by atoms with Gasteiger partial charge in [-0.1, -0.05) is 46.8 Å². The van der Waals surface area contributed by atoms with Crippen molar-refractivity contribution in [3.63, 3.8) is 0 Å². The van der Waals surface area contributed by atoms with Crippen LogP contribution >= 0.6 is 11.3 Å². The molecule has 0 unspecified atom stereocenters. The number of fused-ring (bicyclic) bond motifs is 1. The molecule has 0 aliphatic rings. The zero-order valence-electron chi connectivity index (χ0n) is 15.7. The van der Waals surface area contributed by atoms with E-state index in [4.69, 9.17) is 19.0 Å². The number of carbonyl (C=O) groups excluding carboxylic acids is 1. The van der Waals surface area contributed by atoms with Crippen LogP contribution in [0.3, 0.4) is 0 Å². The third kappa shape index (κ3) is 5.01. The SMILES string of the molecule is CCOC(=O)/C(=N/OC)c1ccc(OCCOc2ccc3ccccc3c2)s1. The van der Waals surface area contributed by atoms with Crippen molar-refractivity contribution >= 4 is 33.8 Å². The summed E-state index contributed by atoms with van der Waals surface area (Å²) in [6.45, 7) is 2.79. The zero-order chi connectivity index (χ0) is 19.8. The van der Waals surface area contributed by atoms with E-state index in [0.717, 1.165) is 11.1 Å². The quantitative estimate of drug-likeness (QED) is 0.233.